The van der Waals surface area contributed by atoms with Gasteiger partial charge >= 0.3 is 0 Å². The van der Waals surface area contributed by atoms with E-state index in [1.54, 1.807) is 0 Å². The lowest BCUT2D eigenvalue weighted by atomic mass is 10.2. The predicted molar refractivity (Wildman–Crippen MR) is 107 cm³/mol. The molecule has 0 atom stereocenters. The number of aromatic nitrogens is 3. The number of nitrogens with zero attached hydrogens (tertiary/aromatic N) is 3. The van der Waals surface area contributed by atoms with Crippen LogP contribution >= 0.6 is 0 Å². The molecule has 0 spiro atoms. The summed E-state index contributed by atoms with van der Waals surface area (Å²) in [6, 6.07) is 29.6. The Bertz CT molecular complexity index is 1420. The highest BCUT2D eigenvalue weighted by Gasteiger charge is 2.17. The van der Waals surface area contributed by atoms with Crippen LogP contribution in [-0.2, 0) is 0 Å². The van der Waals surface area contributed by atoms with Gasteiger partial charge in [-0.15, -0.1) is 0 Å². The Kier molecular flexibility index (Phi) is 2.61. The molecule has 122 valence electrons. The van der Waals surface area contributed by atoms with Crippen LogP contribution in [0.15, 0.2) is 91.1 Å². The van der Waals surface area contributed by atoms with Crippen LogP contribution in [0.3, 0.4) is 0 Å². The average Bonchev–Trinajstić information content (AvgIpc) is 3.24. The number of hydrogen-bond donors (Lipinski definition) is 0. The second kappa shape index (κ2) is 4.96. The van der Waals surface area contributed by atoms with E-state index in [9.17, 15) is 0 Å². The molecule has 0 aliphatic carbocycles. The molecule has 3 aromatic carbocycles. The molecule has 0 fully saturated rings. The fraction of sp³-hybridized carbons (Fsp3) is 0. The van der Waals surface area contributed by atoms with Crippen molar-refractivity contribution in [1.82, 2.24) is 14.0 Å². The maximum absolute atomic E-state index is 4.97. The van der Waals surface area contributed by atoms with Gasteiger partial charge in [-0.05, 0) is 36.4 Å². The molecule has 3 aromatic heterocycles. The standard InChI is InChI=1S/C23H15N3/c1-2-8-16(9-3-1)26-20-12-6-4-10-17(20)18-14-15-25-21-13-7-5-11-19(21)24-23(25)22(18)26/h1-15H. The van der Waals surface area contributed by atoms with Crippen molar-refractivity contribution in [1.29, 1.82) is 0 Å². The first-order valence-corrected chi connectivity index (χ1v) is 8.76. The van der Waals surface area contributed by atoms with Gasteiger partial charge in [0.1, 0.15) is 0 Å². The van der Waals surface area contributed by atoms with Gasteiger partial charge in [-0.25, -0.2) is 4.98 Å². The number of hydrogen-bond acceptors (Lipinski definition) is 1. The first-order chi connectivity index (χ1) is 12.9. The Morgan fingerprint density at radius 1 is 0.615 bits per heavy atom. The summed E-state index contributed by atoms with van der Waals surface area (Å²) in [6.45, 7) is 0. The van der Waals surface area contributed by atoms with Crippen molar-refractivity contribution in [3.8, 4) is 5.69 Å². The Labute approximate surface area is 149 Å². The monoisotopic (exact) mass is 333 g/mol. The summed E-state index contributed by atoms with van der Waals surface area (Å²) in [6.07, 6.45) is 2.13. The summed E-state index contributed by atoms with van der Waals surface area (Å²) in [5, 5.41) is 2.48. The molecule has 0 aliphatic heterocycles. The van der Waals surface area contributed by atoms with Crippen LogP contribution in [0.2, 0.25) is 0 Å². The van der Waals surface area contributed by atoms with Crippen LogP contribution in [-0.4, -0.2) is 14.0 Å². The lowest BCUT2D eigenvalue weighted by Gasteiger charge is -2.08. The van der Waals surface area contributed by atoms with E-state index in [1.807, 2.05) is 6.07 Å². The fourth-order valence-corrected chi connectivity index (χ4v) is 4.01. The molecule has 0 bridgehead atoms. The van der Waals surface area contributed by atoms with Gasteiger partial charge in [-0.1, -0.05) is 48.5 Å². The number of para-hydroxylation sites is 4. The quantitative estimate of drug-likeness (QED) is 0.385. The molecule has 0 saturated heterocycles. The smallest absolute Gasteiger partial charge is 0.162 e. The second-order valence-electron chi connectivity index (χ2n) is 6.56. The maximum atomic E-state index is 4.97. The molecule has 0 unspecified atom stereocenters. The SMILES string of the molecule is c1ccc(-n2c3ccccc3c3ccn4c5ccccc5nc4c32)cc1. The predicted octanol–water partition coefficient (Wildman–Crippen LogP) is 5.58. The van der Waals surface area contributed by atoms with Crippen molar-refractivity contribution in [2.45, 2.75) is 0 Å². The van der Waals surface area contributed by atoms with Gasteiger partial charge in [0, 0.05) is 22.7 Å². The molecule has 0 N–H and O–H groups in total. The van der Waals surface area contributed by atoms with E-state index in [2.05, 4.69) is 94.0 Å². The van der Waals surface area contributed by atoms with Crippen molar-refractivity contribution < 1.29 is 0 Å². The number of pyridine rings is 1. The Morgan fingerprint density at radius 3 is 2.23 bits per heavy atom. The van der Waals surface area contributed by atoms with Crippen LogP contribution in [0.1, 0.15) is 0 Å². The minimum Gasteiger partial charge on any atom is -0.306 e. The summed E-state index contributed by atoms with van der Waals surface area (Å²) in [7, 11) is 0. The van der Waals surface area contributed by atoms with Crippen molar-refractivity contribution >= 4 is 38.5 Å². The van der Waals surface area contributed by atoms with Crippen molar-refractivity contribution in [2.24, 2.45) is 0 Å². The average molecular weight is 333 g/mol. The zero-order valence-electron chi connectivity index (χ0n) is 14.0. The number of benzene rings is 3. The zero-order chi connectivity index (χ0) is 17.1. The summed E-state index contributed by atoms with van der Waals surface area (Å²) < 4.78 is 4.52. The van der Waals surface area contributed by atoms with Gasteiger partial charge in [0.15, 0.2) is 5.65 Å². The molecule has 0 radical (unpaired) electrons. The molecular formula is C23H15N3. The maximum Gasteiger partial charge on any atom is 0.162 e. The molecule has 6 rings (SSSR count). The highest BCUT2D eigenvalue weighted by molar-refractivity contribution is 6.14. The van der Waals surface area contributed by atoms with Crippen LogP contribution in [0.4, 0.5) is 0 Å². The second-order valence-corrected chi connectivity index (χ2v) is 6.56. The van der Waals surface area contributed by atoms with Gasteiger partial charge in [0.2, 0.25) is 0 Å². The van der Waals surface area contributed by atoms with Crippen molar-refractivity contribution in [2.75, 3.05) is 0 Å². The third kappa shape index (κ3) is 1.69. The largest absolute Gasteiger partial charge is 0.306 e. The molecule has 26 heavy (non-hydrogen) atoms. The topological polar surface area (TPSA) is 22.2 Å². The molecule has 3 nitrogen and oxygen atoms in total. The molecule has 0 aliphatic rings. The summed E-state index contributed by atoms with van der Waals surface area (Å²) in [4.78, 5) is 4.97. The third-order valence-electron chi connectivity index (χ3n) is 5.13. The molecule has 3 heterocycles. The number of fused-ring (bicyclic) bond motifs is 7. The first-order valence-electron chi connectivity index (χ1n) is 8.76. The van der Waals surface area contributed by atoms with Gasteiger partial charge in [0.05, 0.1) is 22.1 Å². The Balaban J connectivity index is 1.92. The summed E-state index contributed by atoms with van der Waals surface area (Å²) in [5.41, 5.74) is 6.65. The van der Waals surface area contributed by atoms with E-state index in [4.69, 9.17) is 4.98 Å². The normalized spacial score (nSPS) is 11.8. The lowest BCUT2D eigenvalue weighted by molar-refractivity contribution is 1.16. The van der Waals surface area contributed by atoms with Crippen molar-refractivity contribution in [3.63, 3.8) is 0 Å². The zero-order valence-corrected chi connectivity index (χ0v) is 14.0. The van der Waals surface area contributed by atoms with Crippen molar-refractivity contribution in [3.05, 3.63) is 91.1 Å². The van der Waals surface area contributed by atoms with E-state index in [0.717, 1.165) is 27.9 Å². The van der Waals surface area contributed by atoms with E-state index in [1.165, 1.54) is 16.3 Å². The van der Waals surface area contributed by atoms with E-state index in [0.29, 0.717) is 0 Å². The Hall–Kier alpha value is -3.59. The fourth-order valence-electron chi connectivity index (χ4n) is 4.01. The highest BCUT2D eigenvalue weighted by Crippen LogP contribution is 2.35. The van der Waals surface area contributed by atoms with E-state index < -0.39 is 0 Å². The highest BCUT2D eigenvalue weighted by atomic mass is 15.1. The molecule has 0 saturated carbocycles. The van der Waals surface area contributed by atoms with Gasteiger partial charge in [-0.3, -0.25) is 4.40 Å². The molecule has 0 amide bonds. The van der Waals surface area contributed by atoms with Gasteiger partial charge < -0.3 is 4.57 Å². The summed E-state index contributed by atoms with van der Waals surface area (Å²) >= 11 is 0. The Morgan fingerprint density at radius 2 is 1.35 bits per heavy atom. The number of imidazole rings is 1. The third-order valence-corrected chi connectivity index (χ3v) is 5.13. The van der Waals surface area contributed by atoms with Crippen LogP contribution in [0.25, 0.3) is 44.2 Å². The van der Waals surface area contributed by atoms with Gasteiger partial charge in [0.25, 0.3) is 0 Å². The molecule has 6 aromatic rings. The lowest BCUT2D eigenvalue weighted by Crippen LogP contribution is -1.95. The van der Waals surface area contributed by atoms with E-state index >= 15 is 0 Å². The minimum absolute atomic E-state index is 0.990. The van der Waals surface area contributed by atoms with Crippen LogP contribution in [0, 0.1) is 0 Å². The van der Waals surface area contributed by atoms with Gasteiger partial charge in [-0.2, -0.15) is 0 Å². The molecule has 3 heteroatoms. The molecular weight excluding hydrogens is 318 g/mol. The minimum atomic E-state index is 0.990. The van der Waals surface area contributed by atoms with Crippen LogP contribution < -0.4 is 0 Å². The first kappa shape index (κ1) is 13.7. The van der Waals surface area contributed by atoms with Crippen LogP contribution in [0.5, 0.6) is 0 Å². The summed E-state index contributed by atoms with van der Waals surface area (Å²) in [5.74, 6) is 0. The number of rotatable bonds is 1. The van der Waals surface area contributed by atoms with E-state index in [-0.39, 0.29) is 0 Å².